The maximum absolute atomic E-state index is 12.3. The summed E-state index contributed by atoms with van der Waals surface area (Å²) in [4.78, 5) is 36.7. The molecule has 4 aliphatic carbocycles. The van der Waals surface area contributed by atoms with E-state index in [-0.39, 0.29) is 87.1 Å². The van der Waals surface area contributed by atoms with Gasteiger partial charge in [-0.15, -0.1) is 13.2 Å². The Bertz CT molecular complexity index is 966. The van der Waals surface area contributed by atoms with Crippen molar-refractivity contribution < 1.29 is 64.4 Å². The molecule has 1 saturated heterocycles. The third-order valence-electron chi connectivity index (χ3n) is 11.3. The van der Waals surface area contributed by atoms with Crippen molar-refractivity contribution in [3.63, 3.8) is 0 Å². The van der Waals surface area contributed by atoms with Crippen LogP contribution in [0.25, 0.3) is 0 Å². The van der Waals surface area contributed by atoms with E-state index in [1.807, 2.05) is 32.9 Å². The van der Waals surface area contributed by atoms with Gasteiger partial charge in [-0.2, -0.15) is 0 Å². The summed E-state index contributed by atoms with van der Waals surface area (Å²) in [5.41, 5.74) is -1.60. The largest absolute Gasteiger partial charge is 1.00 e. The van der Waals surface area contributed by atoms with Crippen LogP contribution in [0.2, 0.25) is 0 Å². The first-order valence-corrected chi connectivity index (χ1v) is 13.2. The molecular formula is C29H43NaO7. The standard InChI is InChI=1S/C15H22O3.C14H20O3.Na.H2O/c1-4-15-7-5-10(2)14(3,12(18)9-16)13(15)11(17)6-8-15;1-4-13-6-5-9(2)12(3)10(13)14(16,8-7-13)17-11(12)15;;/h4,10,13,16H,1,5-9H2,2-3H3;4,9-10,16H,1,5-8H2,2-3H3;;1H2/q;;+1;/p-1/t10-,13-,14+,15-;9-,10-,12-,13-,14+;;/m11../s1. The zero-order valence-electron chi connectivity index (χ0n) is 23.2. The van der Waals surface area contributed by atoms with Gasteiger partial charge in [-0.25, -0.2) is 0 Å². The van der Waals surface area contributed by atoms with Crippen LogP contribution in [0.4, 0.5) is 0 Å². The van der Waals surface area contributed by atoms with Crippen LogP contribution in [-0.2, 0) is 19.1 Å². The summed E-state index contributed by atoms with van der Waals surface area (Å²) in [6.45, 7) is 15.3. The van der Waals surface area contributed by atoms with Crippen LogP contribution >= 0.6 is 0 Å². The summed E-state index contributed by atoms with van der Waals surface area (Å²) < 4.78 is 5.36. The fraction of sp³-hybridized carbons (Fsp3) is 0.759. The first-order valence-electron chi connectivity index (χ1n) is 13.2. The van der Waals surface area contributed by atoms with E-state index >= 15 is 0 Å². The van der Waals surface area contributed by atoms with Crippen LogP contribution in [0.5, 0.6) is 0 Å². The minimum Gasteiger partial charge on any atom is -0.870 e. The van der Waals surface area contributed by atoms with Crippen molar-refractivity contribution in [3.05, 3.63) is 25.3 Å². The van der Waals surface area contributed by atoms with Gasteiger partial charge in [-0.05, 0) is 68.1 Å². The summed E-state index contributed by atoms with van der Waals surface area (Å²) in [5, 5.41) is 19.8. The van der Waals surface area contributed by atoms with Crippen LogP contribution in [0.1, 0.15) is 79.1 Å². The second kappa shape index (κ2) is 10.6. The van der Waals surface area contributed by atoms with Crippen LogP contribution in [0.15, 0.2) is 25.3 Å². The molecule has 0 radical (unpaired) electrons. The van der Waals surface area contributed by atoms with Crippen molar-refractivity contribution in [2.45, 2.75) is 84.8 Å². The van der Waals surface area contributed by atoms with Gasteiger partial charge in [0, 0.05) is 30.1 Å². The van der Waals surface area contributed by atoms with Gasteiger partial charge in [0.2, 0.25) is 5.79 Å². The van der Waals surface area contributed by atoms with Gasteiger partial charge >= 0.3 is 35.5 Å². The fourth-order valence-electron chi connectivity index (χ4n) is 8.74. The van der Waals surface area contributed by atoms with E-state index in [1.54, 1.807) is 0 Å². The average Bonchev–Trinajstić information content (AvgIpc) is 3.42. The predicted octanol–water partition coefficient (Wildman–Crippen LogP) is 1.21. The molecule has 5 fully saturated rings. The summed E-state index contributed by atoms with van der Waals surface area (Å²) in [7, 11) is 0. The van der Waals surface area contributed by atoms with E-state index in [0.717, 1.165) is 38.5 Å². The summed E-state index contributed by atoms with van der Waals surface area (Å²) in [6.07, 6.45) is 10.5. The number of aliphatic hydroxyl groups is 2. The third-order valence-corrected chi connectivity index (χ3v) is 11.3. The molecule has 0 unspecified atom stereocenters. The van der Waals surface area contributed by atoms with Crippen molar-refractivity contribution in [2.75, 3.05) is 6.61 Å². The third kappa shape index (κ3) is 4.27. The zero-order valence-corrected chi connectivity index (χ0v) is 25.2. The van der Waals surface area contributed by atoms with Crippen molar-refractivity contribution >= 4 is 17.5 Å². The molecule has 0 amide bonds. The van der Waals surface area contributed by atoms with E-state index in [2.05, 4.69) is 20.1 Å². The van der Waals surface area contributed by atoms with Gasteiger partial charge in [0.25, 0.3) is 0 Å². The number of esters is 1. The molecule has 9 atom stereocenters. The van der Waals surface area contributed by atoms with E-state index in [4.69, 9.17) is 4.74 Å². The van der Waals surface area contributed by atoms with Crippen molar-refractivity contribution in [3.8, 4) is 0 Å². The van der Waals surface area contributed by atoms with Gasteiger partial charge in [-0.1, -0.05) is 32.9 Å². The Morgan fingerprint density at radius 2 is 1.57 bits per heavy atom. The Morgan fingerprint density at radius 1 is 1.00 bits per heavy atom. The second-order valence-corrected chi connectivity index (χ2v) is 12.5. The van der Waals surface area contributed by atoms with Crippen molar-refractivity contribution in [2.24, 2.45) is 45.3 Å². The van der Waals surface area contributed by atoms with Crippen molar-refractivity contribution in [1.82, 2.24) is 0 Å². The van der Waals surface area contributed by atoms with E-state index in [0.29, 0.717) is 12.8 Å². The normalized spacial score (nSPS) is 47.2. The molecule has 1 heterocycles. The SMILES string of the molecule is C=C[C@@]12CCC(=O)[C@@H]1[C@](C)(C(=O)CO)[C@H](C)CC2.C=C[C@@]12CC[C@@H](C)[C@@]3(C)C(=O)O[C@@](O)(CC1)[C@@H]23.[Na+].[OH-]. The monoisotopic (exact) mass is 526 g/mol. The number of aliphatic hydroxyl groups excluding tert-OH is 1. The van der Waals surface area contributed by atoms with E-state index in [9.17, 15) is 24.6 Å². The molecule has 5 aliphatic rings. The predicted molar refractivity (Wildman–Crippen MR) is 134 cm³/mol. The number of rotatable bonds is 4. The number of Topliss-reactive ketones (excluding diaryl/α,β-unsaturated/α-hetero) is 2. The average molecular weight is 527 g/mol. The molecular weight excluding hydrogens is 483 g/mol. The summed E-state index contributed by atoms with van der Waals surface area (Å²) in [5.74, 6) is -1.48. The van der Waals surface area contributed by atoms with Gasteiger partial charge in [0.15, 0.2) is 5.78 Å². The molecule has 1 aliphatic heterocycles. The Morgan fingerprint density at radius 3 is 2.14 bits per heavy atom. The number of hydrogen-bond donors (Lipinski definition) is 2. The molecule has 7 nitrogen and oxygen atoms in total. The summed E-state index contributed by atoms with van der Waals surface area (Å²) >= 11 is 0. The molecule has 37 heavy (non-hydrogen) atoms. The maximum atomic E-state index is 12.3. The molecule has 0 spiro atoms. The number of ketones is 2. The number of allylic oxidation sites excluding steroid dienone is 2. The molecule has 8 heteroatoms. The first-order chi connectivity index (χ1) is 16.3. The molecule has 5 rings (SSSR count). The Labute approximate surface area is 243 Å². The smallest absolute Gasteiger partial charge is 0.870 e. The van der Waals surface area contributed by atoms with Crippen LogP contribution in [0, 0.1) is 45.3 Å². The molecule has 0 bridgehead atoms. The molecule has 4 saturated carbocycles. The van der Waals surface area contributed by atoms with Gasteiger partial charge in [0.05, 0.1) is 5.41 Å². The maximum Gasteiger partial charge on any atom is 1.00 e. The number of fused-ring (bicyclic) bond motifs is 1. The topological polar surface area (TPSA) is 131 Å². The zero-order chi connectivity index (χ0) is 26.0. The Kier molecular flexibility index (Phi) is 9.30. The van der Waals surface area contributed by atoms with Gasteiger partial charge < -0.3 is 20.4 Å². The molecule has 3 N–H and O–H groups in total. The van der Waals surface area contributed by atoms with Crippen molar-refractivity contribution in [1.29, 1.82) is 0 Å². The number of hydrogen-bond acceptors (Lipinski definition) is 7. The number of ether oxygens (including phenoxy) is 1. The second-order valence-electron chi connectivity index (χ2n) is 12.5. The quantitative estimate of drug-likeness (QED) is 0.320. The van der Waals surface area contributed by atoms with Gasteiger partial charge in [0.1, 0.15) is 12.4 Å². The number of carbonyl (C=O) groups excluding carboxylic acids is 3. The molecule has 202 valence electrons. The minimum atomic E-state index is -1.24. The van der Waals surface area contributed by atoms with Crippen LogP contribution < -0.4 is 29.6 Å². The summed E-state index contributed by atoms with van der Waals surface area (Å²) in [6, 6.07) is 0. The molecule has 0 aromatic rings. The number of carbonyl (C=O) groups is 3. The first kappa shape index (κ1) is 32.4. The Balaban J connectivity index is 0.000000247. The molecule has 0 aromatic carbocycles. The minimum absolute atomic E-state index is 0. The fourth-order valence-corrected chi connectivity index (χ4v) is 8.74. The van der Waals surface area contributed by atoms with E-state index in [1.165, 1.54) is 0 Å². The van der Waals surface area contributed by atoms with Crippen LogP contribution in [-0.4, -0.2) is 45.6 Å². The van der Waals surface area contributed by atoms with Gasteiger partial charge in [-0.3, -0.25) is 14.4 Å². The molecule has 0 aromatic heterocycles. The Hall–Kier alpha value is -0.830. The van der Waals surface area contributed by atoms with E-state index < -0.39 is 23.2 Å². The van der Waals surface area contributed by atoms with Crippen LogP contribution in [0.3, 0.4) is 0 Å².